The summed E-state index contributed by atoms with van der Waals surface area (Å²) in [7, 11) is 1.57. The van der Waals surface area contributed by atoms with Gasteiger partial charge in [0.2, 0.25) is 5.88 Å². The van der Waals surface area contributed by atoms with E-state index in [0.29, 0.717) is 29.2 Å². The first-order chi connectivity index (χ1) is 10.2. The summed E-state index contributed by atoms with van der Waals surface area (Å²) in [6.07, 6.45) is 0.972. The van der Waals surface area contributed by atoms with E-state index < -0.39 is 0 Å². The van der Waals surface area contributed by atoms with Crippen LogP contribution >= 0.6 is 11.6 Å². The number of methoxy groups -OCH3 is 1. The molecule has 0 bridgehead atoms. The molecule has 1 aromatic heterocycles. The fourth-order valence-electron chi connectivity index (χ4n) is 1.63. The number of hydrogen-bond acceptors (Lipinski definition) is 5. The molecule has 0 radical (unpaired) electrons. The van der Waals surface area contributed by atoms with E-state index in [1.54, 1.807) is 13.2 Å². The maximum Gasteiger partial charge on any atom is 0.224 e. The van der Waals surface area contributed by atoms with Crippen molar-refractivity contribution < 1.29 is 14.2 Å². The van der Waals surface area contributed by atoms with Crippen LogP contribution in [0.5, 0.6) is 17.4 Å². The maximum absolute atomic E-state index is 5.93. The Hall–Kier alpha value is -1.85. The summed E-state index contributed by atoms with van der Waals surface area (Å²) in [6.45, 7) is 3.04. The highest BCUT2D eigenvalue weighted by atomic mass is 35.5. The van der Waals surface area contributed by atoms with Gasteiger partial charge in [0.1, 0.15) is 23.3 Å². The molecule has 1 heterocycles. The zero-order valence-electron chi connectivity index (χ0n) is 12.0. The summed E-state index contributed by atoms with van der Waals surface area (Å²) in [6, 6.07) is 8.89. The van der Waals surface area contributed by atoms with Gasteiger partial charge in [-0.2, -0.15) is 4.98 Å². The summed E-state index contributed by atoms with van der Waals surface area (Å²) in [5.74, 6) is 2.31. The van der Waals surface area contributed by atoms with E-state index in [1.165, 1.54) is 0 Å². The number of hydrogen-bond donors (Lipinski definition) is 0. The topological polar surface area (TPSA) is 53.5 Å². The average Bonchev–Trinajstić information content (AvgIpc) is 2.46. The summed E-state index contributed by atoms with van der Waals surface area (Å²) in [5.41, 5.74) is 0. The smallest absolute Gasteiger partial charge is 0.224 e. The molecule has 112 valence electrons. The Morgan fingerprint density at radius 1 is 1.10 bits per heavy atom. The van der Waals surface area contributed by atoms with Crippen LogP contribution in [-0.2, 0) is 11.3 Å². The van der Waals surface area contributed by atoms with Gasteiger partial charge >= 0.3 is 0 Å². The van der Waals surface area contributed by atoms with Crippen LogP contribution in [0.15, 0.2) is 30.3 Å². The SMILES string of the molecule is CCCOc1ccc(Oc2cc(Cl)nc(COC)n2)cc1. The summed E-state index contributed by atoms with van der Waals surface area (Å²) in [4.78, 5) is 8.26. The lowest BCUT2D eigenvalue weighted by Crippen LogP contribution is -1.99. The second-order valence-corrected chi connectivity index (χ2v) is 4.69. The highest BCUT2D eigenvalue weighted by Gasteiger charge is 2.06. The van der Waals surface area contributed by atoms with E-state index in [1.807, 2.05) is 24.3 Å². The third-order valence-electron chi connectivity index (χ3n) is 2.51. The number of aromatic nitrogens is 2. The molecule has 0 unspecified atom stereocenters. The van der Waals surface area contributed by atoms with Gasteiger partial charge in [0.25, 0.3) is 0 Å². The molecule has 5 nitrogen and oxygen atoms in total. The highest BCUT2D eigenvalue weighted by Crippen LogP contribution is 2.24. The van der Waals surface area contributed by atoms with Crippen LogP contribution in [0.4, 0.5) is 0 Å². The third kappa shape index (κ3) is 4.88. The van der Waals surface area contributed by atoms with Crippen LogP contribution in [0.3, 0.4) is 0 Å². The van der Waals surface area contributed by atoms with Crippen molar-refractivity contribution in [3.05, 3.63) is 41.3 Å². The Bertz CT molecular complexity index is 576. The molecule has 2 rings (SSSR count). The van der Waals surface area contributed by atoms with Crippen molar-refractivity contribution >= 4 is 11.6 Å². The van der Waals surface area contributed by atoms with Gasteiger partial charge in [0, 0.05) is 13.2 Å². The predicted molar refractivity (Wildman–Crippen MR) is 80.1 cm³/mol. The summed E-state index contributed by atoms with van der Waals surface area (Å²) >= 11 is 5.93. The Kier molecular flexibility index (Phi) is 5.78. The van der Waals surface area contributed by atoms with E-state index in [4.69, 9.17) is 25.8 Å². The van der Waals surface area contributed by atoms with Crippen molar-refractivity contribution in [2.75, 3.05) is 13.7 Å². The lowest BCUT2D eigenvalue weighted by Gasteiger charge is -2.08. The fourth-order valence-corrected chi connectivity index (χ4v) is 1.82. The number of rotatable bonds is 7. The van der Waals surface area contributed by atoms with E-state index in [-0.39, 0.29) is 6.61 Å². The summed E-state index contributed by atoms with van der Waals surface area (Å²) in [5, 5.41) is 0.315. The van der Waals surface area contributed by atoms with Crippen molar-refractivity contribution in [1.82, 2.24) is 9.97 Å². The van der Waals surface area contributed by atoms with Crippen molar-refractivity contribution in [2.45, 2.75) is 20.0 Å². The van der Waals surface area contributed by atoms with Gasteiger partial charge in [-0.3, -0.25) is 0 Å². The van der Waals surface area contributed by atoms with Crippen LogP contribution in [0.2, 0.25) is 5.15 Å². The van der Waals surface area contributed by atoms with E-state index in [2.05, 4.69) is 16.9 Å². The van der Waals surface area contributed by atoms with Crippen molar-refractivity contribution in [3.8, 4) is 17.4 Å². The molecule has 0 atom stereocenters. The van der Waals surface area contributed by atoms with E-state index >= 15 is 0 Å². The van der Waals surface area contributed by atoms with Crippen LogP contribution in [-0.4, -0.2) is 23.7 Å². The normalized spacial score (nSPS) is 10.4. The molecule has 0 amide bonds. The third-order valence-corrected chi connectivity index (χ3v) is 2.70. The molecular weight excluding hydrogens is 292 g/mol. The quantitative estimate of drug-likeness (QED) is 0.727. The first-order valence-electron chi connectivity index (χ1n) is 6.64. The zero-order valence-corrected chi connectivity index (χ0v) is 12.8. The highest BCUT2D eigenvalue weighted by molar-refractivity contribution is 6.29. The molecule has 0 saturated heterocycles. The van der Waals surface area contributed by atoms with E-state index in [0.717, 1.165) is 12.2 Å². The Labute approximate surface area is 128 Å². The maximum atomic E-state index is 5.93. The number of benzene rings is 1. The molecule has 2 aromatic rings. The molecule has 0 spiro atoms. The Balaban J connectivity index is 2.07. The van der Waals surface area contributed by atoms with Crippen LogP contribution < -0.4 is 9.47 Å². The molecule has 0 fully saturated rings. The van der Waals surface area contributed by atoms with Crippen molar-refractivity contribution in [1.29, 1.82) is 0 Å². The molecule has 1 aromatic carbocycles. The van der Waals surface area contributed by atoms with Gasteiger partial charge in [0.15, 0.2) is 5.82 Å². The van der Waals surface area contributed by atoms with E-state index in [9.17, 15) is 0 Å². The number of ether oxygens (including phenoxy) is 3. The molecule has 0 N–H and O–H groups in total. The second-order valence-electron chi connectivity index (χ2n) is 4.30. The largest absolute Gasteiger partial charge is 0.494 e. The fraction of sp³-hybridized carbons (Fsp3) is 0.333. The lowest BCUT2D eigenvalue weighted by atomic mass is 10.3. The molecule has 0 aliphatic heterocycles. The first-order valence-corrected chi connectivity index (χ1v) is 7.02. The van der Waals surface area contributed by atoms with Crippen LogP contribution in [0.25, 0.3) is 0 Å². The van der Waals surface area contributed by atoms with Gasteiger partial charge in [-0.25, -0.2) is 4.98 Å². The van der Waals surface area contributed by atoms with Gasteiger partial charge in [-0.05, 0) is 30.7 Å². The molecular formula is C15H17ClN2O3. The lowest BCUT2D eigenvalue weighted by molar-refractivity contribution is 0.177. The molecule has 0 saturated carbocycles. The van der Waals surface area contributed by atoms with Gasteiger partial charge in [-0.1, -0.05) is 18.5 Å². The molecule has 6 heteroatoms. The number of halogens is 1. The minimum absolute atomic E-state index is 0.278. The summed E-state index contributed by atoms with van der Waals surface area (Å²) < 4.78 is 16.2. The minimum atomic E-state index is 0.278. The second kappa shape index (κ2) is 7.81. The monoisotopic (exact) mass is 308 g/mol. The molecule has 21 heavy (non-hydrogen) atoms. The van der Waals surface area contributed by atoms with Crippen LogP contribution in [0.1, 0.15) is 19.2 Å². The molecule has 0 aliphatic rings. The standard InChI is InChI=1S/C15H17ClN2O3/c1-3-8-20-11-4-6-12(7-5-11)21-15-9-13(16)17-14(18-15)10-19-2/h4-7,9H,3,8,10H2,1-2H3. The first kappa shape index (κ1) is 15.5. The average molecular weight is 309 g/mol. The van der Waals surface area contributed by atoms with Gasteiger partial charge in [0.05, 0.1) is 6.61 Å². The Morgan fingerprint density at radius 2 is 1.81 bits per heavy atom. The zero-order chi connectivity index (χ0) is 15.1. The van der Waals surface area contributed by atoms with Crippen LogP contribution in [0, 0.1) is 0 Å². The predicted octanol–water partition coefficient (Wildman–Crippen LogP) is 3.86. The van der Waals surface area contributed by atoms with Gasteiger partial charge < -0.3 is 14.2 Å². The van der Waals surface area contributed by atoms with Crippen molar-refractivity contribution in [3.63, 3.8) is 0 Å². The minimum Gasteiger partial charge on any atom is -0.494 e. The molecule has 0 aliphatic carbocycles. The van der Waals surface area contributed by atoms with Gasteiger partial charge in [-0.15, -0.1) is 0 Å². The Morgan fingerprint density at radius 3 is 2.48 bits per heavy atom. The van der Waals surface area contributed by atoms with Crippen molar-refractivity contribution in [2.24, 2.45) is 0 Å². The number of nitrogens with zero attached hydrogens (tertiary/aromatic N) is 2.